The van der Waals surface area contributed by atoms with Gasteiger partial charge in [0.1, 0.15) is 0 Å². The fraction of sp³-hybridized carbons (Fsp3) is 0.200. The van der Waals surface area contributed by atoms with Gasteiger partial charge >= 0.3 is 6.03 Å². The molecule has 3 rings (SSSR count). The number of nitrogens with zero attached hydrogens (tertiary/aromatic N) is 3. The fourth-order valence-corrected chi connectivity index (χ4v) is 3.90. The average molecular weight is 464 g/mol. The number of thioether (sulfide) groups is 1. The lowest BCUT2D eigenvalue weighted by Gasteiger charge is -2.11. The number of urea groups is 1. The number of rotatable bonds is 7. The van der Waals surface area contributed by atoms with Gasteiger partial charge in [-0.05, 0) is 30.7 Å². The Morgan fingerprint density at radius 2 is 1.87 bits per heavy atom. The van der Waals surface area contributed by atoms with Gasteiger partial charge in [-0.2, -0.15) is 0 Å². The Hall–Kier alpha value is -2.55. The van der Waals surface area contributed by atoms with Crippen LogP contribution in [0.4, 0.5) is 4.79 Å². The van der Waals surface area contributed by atoms with Gasteiger partial charge in [-0.1, -0.05) is 65.3 Å². The summed E-state index contributed by atoms with van der Waals surface area (Å²) in [6.45, 7) is 2.69. The summed E-state index contributed by atoms with van der Waals surface area (Å²) in [6, 6.07) is 14.4. The number of halogens is 2. The van der Waals surface area contributed by atoms with Crippen LogP contribution in [0.15, 0.2) is 53.7 Å². The van der Waals surface area contributed by atoms with E-state index in [0.717, 1.165) is 5.56 Å². The second kappa shape index (κ2) is 10.5. The Morgan fingerprint density at radius 1 is 1.10 bits per heavy atom. The molecule has 0 atom stereocenters. The van der Waals surface area contributed by atoms with Gasteiger partial charge in [0, 0.05) is 17.1 Å². The van der Waals surface area contributed by atoms with Gasteiger partial charge in [-0.15, -0.1) is 10.2 Å². The summed E-state index contributed by atoms with van der Waals surface area (Å²) in [5.74, 6) is 0.150. The van der Waals surface area contributed by atoms with Crippen molar-refractivity contribution in [3.63, 3.8) is 0 Å². The first-order chi connectivity index (χ1) is 14.5. The van der Waals surface area contributed by atoms with Crippen LogP contribution >= 0.6 is 35.0 Å². The first-order valence-electron chi connectivity index (χ1n) is 9.11. The molecule has 2 N–H and O–H groups in total. The van der Waals surface area contributed by atoms with Crippen molar-refractivity contribution in [2.45, 2.75) is 18.6 Å². The molecule has 0 unspecified atom stereocenters. The van der Waals surface area contributed by atoms with E-state index in [9.17, 15) is 9.59 Å². The van der Waals surface area contributed by atoms with Gasteiger partial charge in [-0.3, -0.25) is 14.7 Å². The molecular formula is C20H19Cl2N5O2S. The van der Waals surface area contributed by atoms with Crippen LogP contribution in [0.3, 0.4) is 0 Å². The van der Waals surface area contributed by atoms with E-state index in [0.29, 0.717) is 39.7 Å². The Bertz CT molecular complexity index is 1040. The molecule has 1 heterocycles. The lowest BCUT2D eigenvalue weighted by Crippen LogP contribution is -2.40. The van der Waals surface area contributed by atoms with Gasteiger partial charge in [0.05, 0.1) is 17.3 Å². The highest BCUT2D eigenvalue weighted by molar-refractivity contribution is 7.99. The maximum absolute atomic E-state index is 12.1. The number of carbonyl (C=O) groups is 2. The molecule has 0 bridgehead atoms. The number of carbonyl (C=O) groups excluding carboxylic acids is 2. The Balaban J connectivity index is 1.86. The first-order valence-corrected chi connectivity index (χ1v) is 10.8. The van der Waals surface area contributed by atoms with E-state index < -0.39 is 11.9 Å². The number of benzene rings is 2. The number of hydrogen-bond donors (Lipinski definition) is 2. The Kier molecular flexibility index (Phi) is 7.73. The molecule has 2 aromatic carbocycles. The second-order valence-electron chi connectivity index (χ2n) is 6.20. The molecule has 0 radical (unpaired) electrons. The van der Waals surface area contributed by atoms with Crippen LogP contribution in [-0.4, -0.2) is 39.0 Å². The Morgan fingerprint density at radius 3 is 2.57 bits per heavy atom. The molecule has 3 amide bonds. The van der Waals surface area contributed by atoms with Crippen LogP contribution in [0.2, 0.25) is 10.0 Å². The lowest BCUT2D eigenvalue weighted by atomic mass is 10.2. The molecule has 0 saturated carbocycles. The van der Waals surface area contributed by atoms with E-state index in [-0.39, 0.29) is 5.75 Å². The third-order valence-corrected chi connectivity index (χ3v) is 5.51. The predicted molar refractivity (Wildman–Crippen MR) is 119 cm³/mol. The SMILES string of the molecule is CCNC(=O)NC(=O)CSc1nnc(-c2ccc(Cl)cc2Cl)n1Cc1ccccc1. The minimum Gasteiger partial charge on any atom is -0.338 e. The van der Waals surface area contributed by atoms with E-state index >= 15 is 0 Å². The highest BCUT2D eigenvalue weighted by Gasteiger charge is 2.18. The van der Waals surface area contributed by atoms with Crippen molar-refractivity contribution in [1.29, 1.82) is 0 Å². The van der Waals surface area contributed by atoms with Crippen molar-refractivity contribution < 1.29 is 9.59 Å². The molecule has 0 spiro atoms. The Labute approximate surface area is 188 Å². The van der Waals surface area contributed by atoms with Crippen LogP contribution in [0.1, 0.15) is 12.5 Å². The molecule has 10 heteroatoms. The summed E-state index contributed by atoms with van der Waals surface area (Å²) in [5, 5.41) is 14.8. The summed E-state index contributed by atoms with van der Waals surface area (Å²) in [7, 11) is 0. The zero-order chi connectivity index (χ0) is 21.5. The van der Waals surface area contributed by atoms with Crippen molar-refractivity contribution in [2.75, 3.05) is 12.3 Å². The molecule has 0 aliphatic carbocycles. The molecule has 7 nitrogen and oxygen atoms in total. The topological polar surface area (TPSA) is 88.9 Å². The number of nitrogens with one attached hydrogen (secondary N) is 2. The third kappa shape index (κ3) is 5.75. The van der Waals surface area contributed by atoms with Crippen LogP contribution in [0.5, 0.6) is 0 Å². The molecule has 0 fully saturated rings. The molecular weight excluding hydrogens is 445 g/mol. The third-order valence-electron chi connectivity index (χ3n) is 4.00. The van der Waals surface area contributed by atoms with Crippen molar-refractivity contribution in [2.24, 2.45) is 0 Å². The molecule has 0 aliphatic rings. The maximum Gasteiger partial charge on any atom is 0.321 e. The van der Waals surface area contributed by atoms with Gasteiger partial charge in [0.25, 0.3) is 0 Å². The monoisotopic (exact) mass is 463 g/mol. The minimum absolute atomic E-state index is 0.0123. The zero-order valence-corrected chi connectivity index (χ0v) is 18.4. The minimum atomic E-state index is -0.525. The van der Waals surface area contributed by atoms with Crippen LogP contribution in [-0.2, 0) is 11.3 Å². The average Bonchev–Trinajstić information content (AvgIpc) is 3.09. The van der Waals surface area contributed by atoms with E-state index in [1.807, 2.05) is 34.9 Å². The van der Waals surface area contributed by atoms with Crippen LogP contribution in [0.25, 0.3) is 11.4 Å². The van der Waals surface area contributed by atoms with E-state index in [2.05, 4.69) is 20.8 Å². The van der Waals surface area contributed by atoms with E-state index in [1.54, 1.807) is 25.1 Å². The fourth-order valence-electron chi connectivity index (χ4n) is 2.67. The smallest absolute Gasteiger partial charge is 0.321 e. The van der Waals surface area contributed by atoms with Crippen molar-refractivity contribution in [3.05, 3.63) is 64.1 Å². The molecule has 0 saturated heterocycles. The van der Waals surface area contributed by atoms with Crippen molar-refractivity contribution >= 4 is 46.9 Å². The predicted octanol–water partition coefficient (Wildman–Crippen LogP) is 4.24. The van der Waals surface area contributed by atoms with Gasteiger partial charge < -0.3 is 5.32 Å². The highest BCUT2D eigenvalue weighted by Crippen LogP contribution is 2.32. The summed E-state index contributed by atoms with van der Waals surface area (Å²) in [6.07, 6.45) is 0. The zero-order valence-electron chi connectivity index (χ0n) is 16.1. The lowest BCUT2D eigenvalue weighted by molar-refractivity contribution is -0.117. The quantitative estimate of drug-likeness (QED) is 0.511. The summed E-state index contributed by atoms with van der Waals surface area (Å²) < 4.78 is 1.88. The maximum atomic E-state index is 12.1. The number of aromatic nitrogens is 3. The van der Waals surface area contributed by atoms with E-state index in [1.165, 1.54) is 11.8 Å². The number of amides is 3. The summed E-state index contributed by atoms with van der Waals surface area (Å²) >= 11 is 13.6. The molecule has 0 aliphatic heterocycles. The summed E-state index contributed by atoms with van der Waals surface area (Å²) in [5.41, 5.74) is 1.72. The first kappa shape index (κ1) is 22.1. The standard InChI is InChI=1S/C20H19Cl2N5O2S/c1-2-23-19(29)24-17(28)12-30-20-26-25-18(15-9-8-14(21)10-16(15)22)27(20)11-13-6-4-3-5-7-13/h3-10H,2,11-12H2,1H3,(H2,23,24,28,29). The van der Waals surface area contributed by atoms with Gasteiger partial charge in [0.15, 0.2) is 11.0 Å². The summed E-state index contributed by atoms with van der Waals surface area (Å²) in [4.78, 5) is 23.6. The molecule has 156 valence electrons. The molecule has 1 aromatic heterocycles. The highest BCUT2D eigenvalue weighted by atomic mass is 35.5. The normalized spacial score (nSPS) is 10.6. The van der Waals surface area contributed by atoms with Crippen molar-refractivity contribution in [3.8, 4) is 11.4 Å². The van der Waals surface area contributed by atoms with Gasteiger partial charge in [0.2, 0.25) is 5.91 Å². The van der Waals surface area contributed by atoms with Crippen LogP contribution in [0, 0.1) is 0 Å². The van der Waals surface area contributed by atoms with Gasteiger partial charge in [-0.25, -0.2) is 4.79 Å². The number of hydrogen-bond acceptors (Lipinski definition) is 5. The number of imide groups is 1. The molecule has 30 heavy (non-hydrogen) atoms. The molecule has 3 aromatic rings. The van der Waals surface area contributed by atoms with Crippen molar-refractivity contribution in [1.82, 2.24) is 25.4 Å². The largest absolute Gasteiger partial charge is 0.338 e. The second-order valence-corrected chi connectivity index (χ2v) is 7.98. The van der Waals surface area contributed by atoms with E-state index in [4.69, 9.17) is 23.2 Å². The van der Waals surface area contributed by atoms with Crippen LogP contribution < -0.4 is 10.6 Å².